The molecule has 7 nitrogen and oxygen atoms in total. The SMILES string of the molecule is O=C(Nc1ccc(OC(F)(F)F)cc1)c1cnc(N2CC3CC3C2)c(-c2ccn[nH]2)c1. The number of halogens is 3. The van der Waals surface area contributed by atoms with E-state index in [9.17, 15) is 18.0 Å². The van der Waals surface area contributed by atoms with Gasteiger partial charge >= 0.3 is 6.36 Å². The molecule has 10 heteroatoms. The summed E-state index contributed by atoms with van der Waals surface area (Å²) in [5.41, 5.74) is 2.20. The van der Waals surface area contributed by atoms with E-state index in [-0.39, 0.29) is 5.75 Å². The molecule has 2 unspecified atom stereocenters. The number of rotatable bonds is 5. The summed E-state index contributed by atoms with van der Waals surface area (Å²) in [6.07, 6.45) is -0.353. The highest BCUT2D eigenvalue weighted by Gasteiger charge is 2.46. The van der Waals surface area contributed by atoms with Crippen LogP contribution in [0.25, 0.3) is 11.3 Å². The Labute approximate surface area is 175 Å². The average molecular weight is 429 g/mol. The maximum atomic E-state index is 12.7. The largest absolute Gasteiger partial charge is 0.573 e. The Morgan fingerprint density at radius 3 is 2.55 bits per heavy atom. The number of ether oxygens (including phenoxy) is 1. The maximum Gasteiger partial charge on any atom is 0.573 e. The smallest absolute Gasteiger partial charge is 0.406 e. The second kappa shape index (κ2) is 7.29. The number of aromatic nitrogens is 3. The molecule has 1 aliphatic heterocycles. The third kappa shape index (κ3) is 4.18. The Hall–Kier alpha value is -3.56. The number of pyridine rings is 1. The molecule has 0 bridgehead atoms. The van der Waals surface area contributed by atoms with Crippen LogP contribution >= 0.6 is 0 Å². The minimum Gasteiger partial charge on any atom is -0.406 e. The van der Waals surface area contributed by atoms with Crippen LogP contribution in [0.2, 0.25) is 0 Å². The lowest BCUT2D eigenvalue weighted by Crippen LogP contribution is -2.24. The van der Waals surface area contributed by atoms with Crippen molar-refractivity contribution in [3.8, 4) is 17.0 Å². The van der Waals surface area contributed by atoms with Gasteiger partial charge in [-0.2, -0.15) is 5.10 Å². The van der Waals surface area contributed by atoms with Crippen LogP contribution < -0.4 is 15.0 Å². The first kappa shape index (κ1) is 19.4. The molecular formula is C21H18F3N5O2. The van der Waals surface area contributed by atoms with Gasteiger partial charge in [0.15, 0.2) is 0 Å². The summed E-state index contributed by atoms with van der Waals surface area (Å²) < 4.78 is 40.7. The van der Waals surface area contributed by atoms with Gasteiger partial charge in [0, 0.05) is 36.7 Å². The molecule has 1 amide bonds. The van der Waals surface area contributed by atoms with Crippen molar-refractivity contribution in [2.45, 2.75) is 12.8 Å². The lowest BCUT2D eigenvalue weighted by atomic mass is 10.1. The highest BCUT2D eigenvalue weighted by molar-refractivity contribution is 6.05. The molecule has 1 aliphatic carbocycles. The van der Waals surface area contributed by atoms with Gasteiger partial charge in [-0.15, -0.1) is 13.2 Å². The number of H-pyrrole nitrogens is 1. The molecule has 3 aromatic rings. The zero-order valence-electron chi connectivity index (χ0n) is 16.2. The second-order valence-electron chi connectivity index (χ2n) is 7.75. The van der Waals surface area contributed by atoms with Crippen LogP contribution in [0.1, 0.15) is 16.8 Å². The predicted molar refractivity (Wildman–Crippen MR) is 107 cm³/mol. The van der Waals surface area contributed by atoms with Crippen molar-refractivity contribution in [2.24, 2.45) is 11.8 Å². The van der Waals surface area contributed by atoms with Gasteiger partial charge in [0.05, 0.1) is 11.3 Å². The fourth-order valence-corrected chi connectivity index (χ4v) is 3.95. The maximum absolute atomic E-state index is 12.7. The predicted octanol–water partition coefficient (Wildman–Crippen LogP) is 4.08. The van der Waals surface area contributed by atoms with E-state index in [1.54, 1.807) is 12.3 Å². The van der Waals surface area contributed by atoms with Crippen molar-refractivity contribution >= 4 is 17.4 Å². The van der Waals surface area contributed by atoms with Gasteiger partial charge < -0.3 is 15.0 Å². The Morgan fingerprint density at radius 1 is 1.16 bits per heavy atom. The minimum atomic E-state index is -4.77. The third-order valence-electron chi connectivity index (χ3n) is 5.54. The molecule has 3 heterocycles. The van der Waals surface area contributed by atoms with E-state index < -0.39 is 12.3 Å². The van der Waals surface area contributed by atoms with Gasteiger partial charge in [0.2, 0.25) is 0 Å². The number of amides is 1. The van der Waals surface area contributed by atoms with Gasteiger partial charge in [-0.25, -0.2) is 4.98 Å². The first-order valence-corrected chi connectivity index (χ1v) is 9.77. The molecular weight excluding hydrogens is 411 g/mol. The topological polar surface area (TPSA) is 83.1 Å². The van der Waals surface area contributed by atoms with Crippen LogP contribution in [0.15, 0.2) is 48.8 Å². The summed E-state index contributed by atoms with van der Waals surface area (Å²) in [5.74, 6) is 1.48. The first-order chi connectivity index (χ1) is 14.9. The number of aromatic amines is 1. The van der Waals surface area contributed by atoms with E-state index >= 15 is 0 Å². The van der Waals surface area contributed by atoms with E-state index in [1.807, 2.05) is 6.07 Å². The van der Waals surface area contributed by atoms with Crippen LogP contribution in [0.4, 0.5) is 24.7 Å². The molecule has 5 rings (SSSR count). The van der Waals surface area contributed by atoms with E-state index in [4.69, 9.17) is 0 Å². The Bertz CT molecular complexity index is 1090. The van der Waals surface area contributed by atoms with Crippen LogP contribution in [-0.4, -0.2) is 40.5 Å². The number of hydrogen-bond acceptors (Lipinski definition) is 5. The standard InChI is InChI=1S/C21H18F3N5O2/c22-21(23,24)31-16-3-1-15(2-4-16)27-20(30)12-8-17(18-5-6-26-28-18)19(25-9-12)29-10-13-7-14(13)11-29/h1-6,8-9,13-14H,7,10-11H2,(H,26,28)(H,27,30). The molecule has 2 fully saturated rings. The molecule has 1 saturated heterocycles. The van der Waals surface area contributed by atoms with Crippen molar-refractivity contribution < 1.29 is 22.7 Å². The molecule has 1 saturated carbocycles. The summed E-state index contributed by atoms with van der Waals surface area (Å²) in [5, 5.41) is 9.60. The number of benzene rings is 1. The number of carbonyl (C=O) groups is 1. The van der Waals surface area contributed by atoms with E-state index in [1.165, 1.54) is 24.8 Å². The van der Waals surface area contributed by atoms with E-state index in [0.29, 0.717) is 11.3 Å². The summed E-state index contributed by atoms with van der Waals surface area (Å²) >= 11 is 0. The molecule has 160 valence electrons. The minimum absolute atomic E-state index is 0.327. The van der Waals surface area contributed by atoms with Crippen molar-refractivity contribution in [2.75, 3.05) is 23.3 Å². The summed E-state index contributed by atoms with van der Waals surface area (Å²) in [7, 11) is 0. The number of nitrogens with zero attached hydrogens (tertiary/aromatic N) is 3. The van der Waals surface area contributed by atoms with Crippen LogP contribution in [0, 0.1) is 11.8 Å². The molecule has 31 heavy (non-hydrogen) atoms. The number of carbonyl (C=O) groups excluding carboxylic acids is 1. The molecule has 2 aromatic heterocycles. The number of nitrogens with one attached hydrogen (secondary N) is 2. The van der Waals surface area contributed by atoms with Crippen LogP contribution in [-0.2, 0) is 0 Å². The first-order valence-electron chi connectivity index (χ1n) is 9.77. The van der Waals surface area contributed by atoms with Crippen molar-refractivity contribution in [3.05, 3.63) is 54.4 Å². The average Bonchev–Trinajstić information content (AvgIpc) is 3.12. The number of anilines is 2. The zero-order chi connectivity index (χ0) is 21.6. The molecule has 0 radical (unpaired) electrons. The number of piperidine rings is 1. The Morgan fingerprint density at radius 2 is 1.90 bits per heavy atom. The molecule has 1 aromatic carbocycles. The molecule has 0 spiro atoms. The highest BCUT2D eigenvalue weighted by Crippen LogP contribution is 2.47. The van der Waals surface area contributed by atoms with Crippen molar-refractivity contribution in [3.63, 3.8) is 0 Å². The monoisotopic (exact) mass is 429 g/mol. The van der Waals surface area contributed by atoms with Gasteiger partial charge in [0.25, 0.3) is 5.91 Å². The Balaban J connectivity index is 1.36. The van der Waals surface area contributed by atoms with Crippen molar-refractivity contribution in [1.29, 1.82) is 0 Å². The molecule has 2 aliphatic rings. The van der Waals surface area contributed by atoms with E-state index in [0.717, 1.165) is 54.1 Å². The fraction of sp³-hybridized carbons (Fsp3) is 0.286. The van der Waals surface area contributed by atoms with Gasteiger partial charge in [-0.1, -0.05) is 0 Å². The zero-order valence-corrected chi connectivity index (χ0v) is 16.2. The fourth-order valence-electron chi connectivity index (χ4n) is 3.95. The number of fused-ring (bicyclic) bond motifs is 1. The van der Waals surface area contributed by atoms with Crippen LogP contribution in [0.3, 0.4) is 0 Å². The van der Waals surface area contributed by atoms with Crippen molar-refractivity contribution in [1.82, 2.24) is 15.2 Å². The van der Waals surface area contributed by atoms with Crippen LogP contribution in [0.5, 0.6) is 5.75 Å². The van der Waals surface area contributed by atoms with Gasteiger partial charge in [-0.05, 0) is 54.7 Å². The summed E-state index contributed by atoms with van der Waals surface area (Å²) in [6.45, 7) is 1.91. The number of alkyl halides is 3. The molecule has 2 atom stereocenters. The summed E-state index contributed by atoms with van der Waals surface area (Å²) in [4.78, 5) is 19.5. The quantitative estimate of drug-likeness (QED) is 0.639. The van der Waals surface area contributed by atoms with Gasteiger partial charge in [0.1, 0.15) is 11.6 Å². The third-order valence-corrected chi connectivity index (χ3v) is 5.54. The highest BCUT2D eigenvalue weighted by atomic mass is 19.4. The number of hydrogen-bond donors (Lipinski definition) is 2. The second-order valence-corrected chi connectivity index (χ2v) is 7.75. The lowest BCUT2D eigenvalue weighted by molar-refractivity contribution is -0.274. The van der Waals surface area contributed by atoms with E-state index in [2.05, 4.69) is 30.1 Å². The molecule has 2 N–H and O–H groups in total. The van der Waals surface area contributed by atoms with Gasteiger partial charge in [-0.3, -0.25) is 9.89 Å². The normalized spacial score (nSPS) is 19.8. The lowest BCUT2D eigenvalue weighted by Gasteiger charge is -2.22. The summed E-state index contributed by atoms with van der Waals surface area (Å²) in [6, 6.07) is 8.52. The Kier molecular flexibility index (Phi) is 4.57.